The van der Waals surface area contributed by atoms with Gasteiger partial charge in [0.15, 0.2) is 0 Å². The quantitative estimate of drug-likeness (QED) is 0.856. The molecule has 4 heteroatoms. The van der Waals surface area contributed by atoms with Crippen molar-refractivity contribution in [2.45, 2.75) is 33.6 Å². The number of phenols is 1. The normalized spacial score (nSPS) is 10.8. The van der Waals surface area contributed by atoms with Gasteiger partial charge in [-0.25, -0.2) is 0 Å². The van der Waals surface area contributed by atoms with Crippen LogP contribution in [0, 0.1) is 5.92 Å². The van der Waals surface area contributed by atoms with E-state index in [-0.39, 0.29) is 11.7 Å². The number of aromatic hydroxyl groups is 1. The Kier molecular flexibility index (Phi) is 6.35. The third kappa shape index (κ3) is 4.23. The Morgan fingerprint density at radius 3 is 2.42 bits per heavy atom. The zero-order valence-electron chi connectivity index (χ0n) is 11.8. The number of benzene rings is 1. The van der Waals surface area contributed by atoms with E-state index in [4.69, 9.17) is 0 Å². The van der Waals surface area contributed by atoms with Crippen molar-refractivity contribution in [1.82, 2.24) is 4.90 Å². The lowest BCUT2D eigenvalue weighted by molar-refractivity contribution is 0.0734. The van der Waals surface area contributed by atoms with E-state index in [0.717, 1.165) is 19.4 Å². The number of hydrogen-bond donors (Lipinski definition) is 1. The molecule has 0 saturated carbocycles. The van der Waals surface area contributed by atoms with Gasteiger partial charge in [0.1, 0.15) is 5.75 Å². The Morgan fingerprint density at radius 2 is 1.95 bits per heavy atom. The maximum atomic E-state index is 12.4. The molecule has 0 aliphatic carbocycles. The minimum absolute atomic E-state index is 0.0165. The van der Waals surface area contributed by atoms with Gasteiger partial charge >= 0.3 is 0 Å². The monoisotopic (exact) mass is 327 g/mol. The summed E-state index contributed by atoms with van der Waals surface area (Å²) in [4.78, 5) is 14.3. The number of nitrogens with zero attached hydrogens (tertiary/aromatic N) is 1. The van der Waals surface area contributed by atoms with E-state index in [0.29, 0.717) is 22.5 Å². The summed E-state index contributed by atoms with van der Waals surface area (Å²) in [7, 11) is 0. The van der Waals surface area contributed by atoms with E-state index in [2.05, 4.69) is 29.8 Å². The zero-order valence-corrected chi connectivity index (χ0v) is 13.4. The van der Waals surface area contributed by atoms with Gasteiger partial charge in [0.05, 0.1) is 4.47 Å². The molecule has 1 aromatic rings. The maximum absolute atomic E-state index is 12.4. The van der Waals surface area contributed by atoms with Crippen LogP contribution in [0.2, 0.25) is 0 Å². The van der Waals surface area contributed by atoms with Gasteiger partial charge < -0.3 is 10.0 Å². The molecular weight excluding hydrogens is 306 g/mol. The molecule has 0 spiro atoms. The van der Waals surface area contributed by atoms with Crippen LogP contribution < -0.4 is 0 Å². The fourth-order valence-corrected chi connectivity index (χ4v) is 2.29. The molecule has 1 amide bonds. The lowest BCUT2D eigenvalue weighted by Crippen LogP contribution is -2.35. The summed E-state index contributed by atoms with van der Waals surface area (Å²) in [5.41, 5.74) is 0.536. The standard InChI is InChI=1S/C15H22BrNO2/c1-4-11(5-2)10-17(6-3)15(19)12-7-8-13(16)14(18)9-12/h7-9,11,18H,4-6,10H2,1-3H3. The summed E-state index contributed by atoms with van der Waals surface area (Å²) in [6.45, 7) is 7.75. The number of amides is 1. The fourth-order valence-electron chi connectivity index (χ4n) is 2.04. The molecule has 1 aromatic carbocycles. The summed E-state index contributed by atoms with van der Waals surface area (Å²) >= 11 is 3.22. The number of carbonyl (C=O) groups excluding carboxylic acids is 1. The van der Waals surface area contributed by atoms with Crippen LogP contribution in [0.1, 0.15) is 44.0 Å². The average molecular weight is 328 g/mol. The van der Waals surface area contributed by atoms with Crippen molar-refractivity contribution >= 4 is 21.8 Å². The summed E-state index contributed by atoms with van der Waals surface area (Å²) in [6, 6.07) is 4.96. The number of carbonyl (C=O) groups is 1. The smallest absolute Gasteiger partial charge is 0.253 e. The highest BCUT2D eigenvalue weighted by Crippen LogP contribution is 2.25. The highest BCUT2D eigenvalue weighted by Gasteiger charge is 2.18. The van der Waals surface area contributed by atoms with Crippen molar-refractivity contribution in [2.24, 2.45) is 5.92 Å². The van der Waals surface area contributed by atoms with Gasteiger partial charge in [-0.3, -0.25) is 4.79 Å². The van der Waals surface area contributed by atoms with E-state index >= 15 is 0 Å². The van der Waals surface area contributed by atoms with E-state index in [1.165, 1.54) is 6.07 Å². The van der Waals surface area contributed by atoms with Crippen LogP contribution in [0.25, 0.3) is 0 Å². The lowest BCUT2D eigenvalue weighted by atomic mass is 10.0. The number of rotatable bonds is 6. The average Bonchev–Trinajstić information content (AvgIpc) is 2.42. The fraction of sp³-hybridized carbons (Fsp3) is 0.533. The SMILES string of the molecule is CCC(CC)CN(CC)C(=O)c1ccc(Br)c(O)c1. The van der Waals surface area contributed by atoms with Crippen molar-refractivity contribution in [2.75, 3.05) is 13.1 Å². The van der Waals surface area contributed by atoms with Gasteiger partial charge in [-0.05, 0) is 47.0 Å². The zero-order chi connectivity index (χ0) is 14.4. The highest BCUT2D eigenvalue weighted by atomic mass is 79.9. The van der Waals surface area contributed by atoms with Crippen LogP contribution >= 0.6 is 15.9 Å². The largest absolute Gasteiger partial charge is 0.507 e. The van der Waals surface area contributed by atoms with E-state index < -0.39 is 0 Å². The highest BCUT2D eigenvalue weighted by molar-refractivity contribution is 9.10. The topological polar surface area (TPSA) is 40.5 Å². The Hall–Kier alpha value is -1.03. The summed E-state index contributed by atoms with van der Waals surface area (Å²) in [5, 5.41) is 9.66. The molecule has 0 radical (unpaired) electrons. The number of phenolic OH excluding ortho intramolecular Hbond substituents is 1. The molecule has 0 saturated heterocycles. The van der Waals surface area contributed by atoms with Crippen LogP contribution in [0.5, 0.6) is 5.75 Å². The van der Waals surface area contributed by atoms with Crippen molar-refractivity contribution in [1.29, 1.82) is 0 Å². The second kappa shape index (κ2) is 7.53. The Morgan fingerprint density at radius 1 is 1.32 bits per heavy atom. The second-order valence-electron chi connectivity index (χ2n) is 4.69. The molecule has 0 aliphatic heterocycles. The van der Waals surface area contributed by atoms with Gasteiger partial charge in [-0.1, -0.05) is 26.7 Å². The first-order valence-electron chi connectivity index (χ1n) is 6.81. The molecule has 1 rings (SSSR count). The Labute approximate surface area is 123 Å². The first-order valence-corrected chi connectivity index (χ1v) is 7.60. The Bertz CT molecular complexity index is 430. The molecule has 106 valence electrons. The van der Waals surface area contributed by atoms with Crippen molar-refractivity contribution in [3.05, 3.63) is 28.2 Å². The van der Waals surface area contributed by atoms with Crippen LogP contribution in [0.15, 0.2) is 22.7 Å². The number of hydrogen-bond acceptors (Lipinski definition) is 2. The summed E-state index contributed by atoms with van der Waals surface area (Å²) in [5.74, 6) is 0.620. The van der Waals surface area contributed by atoms with E-state index in [9.17, 15) is 9.90 Å². The lowest BCUT2D eigenvalue weighted by Gasteiger charge is -2.25. The minimum Gasteiger partial charge on any atom is -0.507 e. The predicted octanol–water partition coefficient (Wildman–Crippen LogP) is 4.05. The molecule has 0 heterocycles. The van der Waals surface area contributed by atoms with Gasteiger partial charge in [-0.15, -0.1) is 0 Å². The van der Waals surface area contributed by atoms with Gasteiger partial charge in [0, 0.05) is 18.7 Å². The molecule has 0 bridgehead atoms. The first kappa shape index (κ1) is 16.0. The summed E-state index contributed by atoms with van der Waals surface area (Å²) < 4.78 is 0.604. The van der Waals surface area contributed by atoms with Crippen molar-refractivity contribution in [3.63, 3.8) is 0 Å². The minimum atomic E-state index is -0.0165. The molecular formula is C15H22BrNO2. The molecule has 3 nitrogen and oxygen atoms in total. The predicted molar refractivity (Wildman–Crippen MR) is 81.5 cm³/mol. The van der Waals surface area contributed by atoms with Gasteiger partial charge in [-0.2, -0.15) is 0 Å². The maximum Gasteiger partial charge on any atom is 0.253 e. The van der Waals surface area contributed by atoms with Crippen LogP contribution in [0.4, 0.5) is 0 Å². The molecule has 0 unspecified atom stereocenters. The van der Waals surface area contributed by atoms with E-state index in [1.54, 1.807) is 12.1 Å². The third-order valence-corrected chi connectivity index (χ3v) is 4.17. The Balaban J connectivity index is 2.85. The van der Waals surface area contributed by atoms with Gasteiger partial charge in [0.25, 0.3) is 5.91 Å². The van der Waals surface area contributed by atoms with Crippen LogP contribution in [0.3, 0.4) is 0 Å². The molecule has 1 N–H and O–H groups in total. The van der Waals surface area contributed by atoms with Crippen LogP contribution in [-0.2, 0) is 0 Å². The van der Waals surface area contributed by atoms with Crippen LogP contribution in [-0.4, -0.2) is 29.0 Å². The van der Waals surface area contributed by atoms with Crippen molar-refractivity contribution in [3.8, 4) is 5.75 Å². The molecule has 0 aliphatic rings. The third-order valence-electron chi connectivity index (χ3n) is 3.50. The molecule has 19 heavy (non-hydrogen) atoms. The molecule has 0 aromatic heterocycles. The summed E-state index contributed by atoms with van der Waals surface area (Å²) in [6.07, 6.45) is 2.15. The van der Waals surface area contributed by atoms with Crippen molar-refractivity contribution < 1.29 is 9.90 Å². The van der Waals surface area contributed by atoms with E-state index in [1.807, 2.05) is 11.8 Å². The molecule has 0 fully saturated rings. The first-order chi connectivity index (χ1) is 9.03. The number of halogens is 1. The van der Waals surface area contributed by atoms with Gasteiger partial charge in [0.2, 0.25) is 0 Å². The second-order valence-corrected chi connectivity index (χ2v) is 5.55. The molecule has 0 atom stereocenters.